The van der Waals surface area contributed by atoms with Crippen LogP contribution in [0.4, 0.5) is 4.79 Å². The minimum Gasteiger partial charge on any atom is -0.497 e. The number of rotatable bonds is 6. The molecular weight excluding hydrogens is 432 g/mol. The van der Waals surface area contributed by atoms with Gasteiger partial charge in [-0.25, -0.2) is 14.5 Å². The summed E-state index contributed by atoms with van der Waals surface area (Å²) in [7, 11) is 3.32. The summed E-state index contributed by atoms with van der Waals surface area (Å²) in [6, 6.07) is 17.2. The first-order chi connectivity index (χ1) is 16.4. The summed E-state index contributed by atoms with van der Waals surface area (Å²) in [5, 5.41) is 15.8. The van der Waals surface area contributed by atoms with E-state index in [-0.39, 0.29) is 18.0 Å². The Morgan fingerprint density at radius 2 is 1.74 bits per heavy atom. The minimum atomic E-state index is -0.341. The quantitative estimate of drug-likeness (QED) is 0.412. The molecule has 0 radical (unpaired) electrons. The van der Waals surface area contributed by atoms with E-state index in [0.717, 1.165) is 52.0 Å². The molecule has 0 spiro atoms. The molecule has 1 fully saturated rings. The number of carbonyl (C=O) groups excluding carboxylic acids is 1. The standard InChI is InChI=1S/C26H32N4O4/c1-18(2)30(32)26(31)28-15-13-19(14-16-28)23-17-24(22-7-5-6-8-25(22)34-4)29(27-23)20-9-11-21(33-3)12-10-20/h5-12,17-19,32H,13-16H2,1-4H3. The molecule has 180 valence electrons. The van der Waals surface area contributed by atoms with Crippen LogP contribution in [0.15, 0.2) is 54.6 Å². The Kier molecular flexibility index (Phi) is 7.07. The summed E-state index contributed by atoms with van der Waals surface area (Å²) < 4.78 is 12.9. The zero-order valence-electron chi connectivity index (χ0n) is 20.1. The SMILES string of the molecule is COc1ccc(-n2nc(C3CCN(C(=O)N(O)C(C)C)CC3)cc2-c2ccccc2OC)cc1. The number of carbonyl (C=O) groups is 1. The summed E-state index contributed by atoms with van der Waals surface area (Å²) in [6.45, 7) is 4.73. The van der Waals surface area contributed by atoms with Crippen molar-refractivity contribution in [1.82, 2.24) is 19.7 Å². The lowest BCUT2D eigenvalue weighted by Gasteiger charge is -2.34. The van der Waals surface area contributed by atoms with Gasteiger partial charge in [0.15, 0.2) is 0 Å². The van der Waals surface area contributed by atoms with Gasteiger partial charge in [-0.15, -0.1) is 0 Å². The number of amides is 2. The Hall–Kier alpha value is -3.52. The first-order valence-electron chi connectivity index (χ1n) is 11.6. The minimum absolute atomic E-state index is 0.211. The van der Waals surface area contributed by atoms with E-state index in [4.69, 9.17) is 14.6 Å². The van der Waals surface area contributed by atoms with Crippen molar-refractivity contribution in [3.05, 3.63) is 60.3 Å². The maximum absolute atomic E-state index is 12.5. The van der Waals surface area contributed by atoms with Crippen LogP contribution in [-0.4, -0.2) is 64.3 Å². The van der Waals surface area contributed by atoms with Crippen LogP contribution in [-0.2, 0) is 0 Å². The molecule has 2 heterocycles. The Morgan fingerprint density at radius 1 is 1.06 bits per heavy atom. The number of aromatic nitrogens is 2. The molecule has 0 aliphatic carbocycles. The van der Waals surface area contributed by atoms with Crippen LogP contribution in [0, 0.1) is 0 Å². The molecule has 0 atom stereocenters. The number of hydrogen-bond donors (Lipinski definition) is 1. The van der Waals surface area contributed by atoms with E-state index in [2.05, 4.69) is 6.07 Å². The number of para-hydroxylation sites is 1. The van der Waals surface area contributed by atoms with Crippen LogP contribution in [0.2, 0.25) is 0 Å². The van der Waals surface area contributed by atoms with Gasteiger partial charge >= 0.3 is 6.03 Å². The molecule has 2 amide bonds. The van der Waals surface area contributed by atoms with Gasteiger partial charge in [0.2, 0.25) is 0 Å². The van der Waals surface area contributed by atoms with Gasteiger partial charge in [0.25, 0.3) is 0 Å². The van der Waals surface area contributed by atoms with Gasteiger partial charge in [0.1, 0.15) is 11.5 Å². The van der Waals surface area contributed by atoms with Gasteiger partial charge in [-0.05, 0) is 69.2 Å². The number of hydrogen-bond acceptors (Lipinski definition) is 5. The van der Waals surface area contributed by atoms with Gasteiger partial charge in [-0.3, -0.25) is 5.21 Å². The summed E-state index contributed by atoms with van der Waals surface area (Å²) in [5.41, 5.74) is 3.81. The van der Waals surface area contributed by atoms with E-state index in [0.29, 0.717) is 13.1 Å². The number of piperidine rings is 1. The molecule has 1 aromatic heterocycles. The number of benzene rings is 2. The molecule has 0 bridgehead atoms. The predicted molar refractivity (Wildman–Crippen MR) is 130 cm³/mol. The van der Waals surface area contributed by atoms with Gasteiger partial charge in [0, 0.05) is 24.6 Å². The van der Waals surface area contributed by atoms with Crippen molar-refractivity contribution in [2.24, 2.45) is 0 Å². The maximum Gasteiger partial charge on any atom is 0.343 e. The van der Waals surface area contributed by atoms with Crippen molar-refractivity contribution in [3.8, 4) is 28.4 Å². The normalized spacial score (nSPS) is 14.4. The molecule has 1 aliphatic rings. The fourth-order valence-electron chi connectivity index (χ4n) is 4.30. The van der Waals surface area contributed by atoms with Crippen molar-refractivity contribution < 1.29 is 19.5 Å². The van der Waals surface area contributed by atoms with Gasteiger partial charge in [-0.1, -0.05) is 12.1 Å². The average Bonchev–Trinajstić information content (AvgIpc) is 3.33. The van der Waals surface area contributed by atoms with E-state index < -0.39 is 0 Å². The van der Waals surface area contributed by atoms with Gasteiger partial charge < -0.3 is 14.4 Å². The van der Waals surface area contributed by atoms with E-state index in [1.807, 2.05) is 53.2 Å². The van der Waals surface area contributed by atoms with Crippen LogP contribution >= 0.6 is 0 Å². The van der Waals surface area contributed by atoms with Crippen LogP contribution in [0.3, 0.4) is 0 Å². The lowest BCUT2D eigenvalue weighted by Crippen LogP contribution is -2.47. The average molecular weight is 465 g/mol. The van der Waals surface area contributed by atoms with Crippen molar-refractivity contribution in [2.75, 3.05) is 27.3 Å². The summed E-state index contributed by atoms with van der Waals surface area (Å²) >= 11 is 0. The maximum atomic E-state index is 12.5. The molecule has 1 aliphatic heterocycles. The van der Waals surface area contributed by atoms with Crippen molar-refractivity contribution >= 4 is 6.03 Å². The lowest BCUT2D eigenvalue weighted by atomic mass is 9.93. The zero-order valence-corrected chi connectivity index (χ0v) is 20.1. The van der Waals surface area contributed by atoms with Gasteiger partial charge in [-0.2, -0.15) is 5.10 Å². The number of methoxy groups -OCH3 is 2. The summed E-state index contributed by atoms with van der Waals surface area (Å²) in [4.78, 5) is 14.2. The Labute approximate surface area is 200 Å². The second-order valence-electron chi connectivity index (χ2n) is 8.75. The highest BCUT2D eigenvalue weighted by atomic mass is 16.5. The Balaban J connectivity index is 1.64. The molecular formula is C26H32N4O4. The van der Waals surface area contributed by atoms with Crippen LogP contribution in [0.1, 0.15) is 38.3 Å². The number of nitrogens with zero attached hydrogens (tertiary/aromatic N) is 4. The second-order valence-corrected chi connectivity index (χ2v) is 8.75. The summed E-state index contributed by atoms with van der Waals surface area (Å²) in [5.74, 6) is 1.77. The monoisotopic (exact) mass is 464 g/mol. The van der Waals surface area contributed by atoms with Crippen molar-refractivity contribution in [1.29, 1.82) is 0 Å². The molecule has 2 aromatic carbocycles. The van der Waals surface area contributed by atoms with Crippen LogP contribution in [0.25, 0.3) is 16.9 Å². The highest BCUT2D eigenvalue weighted by Crippen LogP contribution is 2.36. The van der Waals surface area contributed by atoms with E-state index in [1.54, 1.807) is 33.0 Å². The van der Waals surface area contributed by atoms with Crippen molar-refractivity contribution in [2.45, 2.75) is 38.6 Å². The number of likely N-dealkylation sites (tertiary alicyclic amines) is 1. The largest absolute Gasteiger partial charge is 0.497 e. The third-order valence-corrected chi connectivity index (χ3v) is 6.30. The third-order valence-electron chi connectivity index (χ3n) is 6.30. The molecule has 8 nitrogen and oxygen atoms in total. The lowest BCUT2D eigenvalue weighted by molar-refractivity contribution is -0.0814. The smallest absolute Gasteiger partial charge is 0.343 e. The molecule has 1 saturated heterocycles. The van der Waals surface area contributed by atoms with Gasteiger partial charge in [0.05, 0.1) is 37.3 Å². The first-order valence-corrected chi connectivity index (χ1v) is 11.6. The zero-order chi connectivity index (χ0) is 24.2. The molecule has 1 N–H and O–H groups in total. The van der Waals surface area contributed by atoms with Crippen LogP contribution < -0.4 is 9.47 Å². The highest BCUT2D eigenvalue weighted by molar-refractivity contribution is 5.73. The molecule has 8 heteroatoms. The molecule has 4 rings (SSSR count). The first kappa shape index (κ1) is 23.6. The predicted octanol–water partition coefficient (Wildman–Crippen LogP) is 4.96. The fourth-order valence-corrected chi connectivity index (χ4v) is 4.30. The van der Waals surface area contributed by atoms with Crippen LogP contribution in [0.5, 0.6) is 11.5 Å². The number of urea groups is 1. The van der Waals surface area contributed by atoms with E-state index in [9.17, 15) is 10.0 Å². The summed E-state index contributed by atoms with van der Waals surface area (Å²) in [6.07, 6.45) is 1.56. The number of ether oxygens (including phenoxy) is 2. The van der Waals surface area contributed by atoms with Crippen molar-refractivity contribution in [3.63, 3.8) is 0 Å². The molecule has 3 aromatic rings. The molecule has 0 saturated carbocycles. The second kappa shape index (κ2) is 10.2. The van der Waals surface area contributed by atoms with E-state index >= 15 is 0 Å². The Bertz CT molecular complexity index is 1120. The molecule has 0 unspecified atom stereocenters. The topological polar surface area (TPSA) is 80.1 Å². The van der Waals surface area contributed by atoms with E-state index in [1.165, 1.54) is 0 Å². The highest BCUT2D eigenvalue weighted by Gasteiger charge is 2.29. The third kappa shape index (κ3) is 4.72. The molecule has 34 heavy (non-hydrogen) atoms. The fraction of sp³-hybridized carbons (Fsp3) is 0.385. The Morgan fingerprint density at radius 3 is 2.35 bits per heavy atom. The number of hydroxylamine groups is 2.